The van der Waals surface area contributed by atoms with Crippen molar-refractivity contribution in [3.05, 3.63) is 82.0 Å². The molecule has 27 heavy (non-hydrogen) atoms. The molecule has 1 atom stereocenters. The van der Waals surface area contributed by atoms with Gasteiger partial charge in [-0.2, -0.15) is 0 Å². The molecule has 0 aliphatic rings. The van der Waals surface area contributed by atoms with Gasteiger partial charge in [-0.3, -0.25) is 14.9 Å². The molecule has 2 aromatic carbocycles. The maximum atomic E-state index is 14.0. The zero-order valence-corrected chi connectivity index (χ0v) is 14.9. The highest BCUT2D eigenvalue weighted by atomic mass is 32.2. The molecule has 1 amide bonds. The second-order valence-electron chi connectivity index (χ2n) is 5.59. The lowest BCUT2D eigenvalue weighted by atomic mass is 10.1. The molecule has 0 aliphatic heterocycles. The monoisotopic (exact) mass is 387 g/mol. The number of carbonyl (C=O) groups excluding carboxylic acids is 1. The highest BCUT2D eigenvalue weighted by Crippen LogP contribution is 2.34. The van der Waals surface area contributed by atoms with Gasteiger partial charge in [0.15, 0.2) is 0 Å². The highest BCUT2D eigenvalue weighted by Gasteiger charge is 2.21. The molecule has 9 heteroatoms. The van der Waals surface area contributed by atoms with Crippen LogP contribution in [0, 0.1) is 15.9 Å². The van der Waals surface area contributed by atoms with Crippen LogP contribution in [0.15, 0.2) is 69.1 Å². The van der Waals surface area contributed by atoms with Crippen LogP contribution < -0.4 is 5.32 Å². The summed E-state index contributed by atoms with van der Waals surface area (Å²) in [6.45, 7) is 1.71. The van der Waals surface area contributed by atoms with E-state index in [1.165, 1.54) is 30.5 Å². The number of halogens is 1. The lowest BCUT2D eigenvalue weighted by molar-refractivity contribution is -0.384. The fraction of sp³-hybridized carbons (Fsp3) is 0.111. The van der Waals surface area contributed by atoms with E-state index in [-0.39, 0.29) is 11.3 Å². The lowest BCUT2D eigenvalue weighted by Crippen LogP contribution is -2.27. The average Bonchev–Trinajstić information content (AvgIpc) is 3.18. The molecule has 0 spiro atoms. The van der Waals surface area contributed by atoms with E-state index < -0.39 is 22.7 Å². The maximum absolute atomic E-state index is 14.0. The van der Waals surface area contributed by atoms with Crippen molar-refractivity contribution in [1.82, 2.24) is 10.5 Å². The normalized spacial score (nSPS) is 11.8. The van der Waals surface area contributed by atoms with Crippen LogP contribution in [0.25, 0.3) is 0 Å². The number of nitrogens with zero attached hydrogens (tertiary/aromatic N) is 2. The van der Waals surface area contributed by atoms with E-state index in [1.54, 1.807) is 31.2 Å². The summed E-state index contributed by atoms with van der Waals surface area (Å²) in [6, 6.07) is 11.1. The highest BCUT2D eigenvalue weighted by molar-refractivity contribution is 7.99. The second kappa shape index (κ2) is 8.00. The summed E-state index contributed by atoms with van der Waals surface area (Å²) in [6.07, 6.45) is 1.38. The van der Waals surface area contributed by atoms with Crippen molar-refractivity contribution in [2.75, 3.05) is 0 Å². The number of nitrogens with one attached hydrogen (secondary N) is 1. The van der Waals surface area contributed by atoms with E-state index in [1.807, 2.05) is 0 Å². The number of carbonyl (C=O) groups is 1. The van der Waals surface area contributed by atoms with Crippen molar-refractivity contribution in [3.8, 4) is 0 Å². The second-order valence-corrected chi connectivity index (χ2v) is 6.67. The van der Waals surface area contributed by atoms with Crippen LogP contribution in [-0.4, -0.2) is 16.0 Å². The van der Waals surface area contributed by atoms with Gasteiger partial charge in [0.05, 0.1) is 16.5 Å². The van der Waals surface area contributed by atoms with Gasteiger partial charge in [0.25, 0.3) is 11.6 Å². The summed E-state index contributed by atoms with van der Waals surface area (Å²) in [5, 5.41) is 17.6. The molecule has 0 radical (unpaired) electrons. The van der Waals surface area contributed by atoms with Crippen LogP contribution in [0.1, 0.15) is 29.0 Å². The number of amides is 1. The standard InChI is InChI=1S/C18H14FN3O4S/c1-11(15-8-9-26-21-15)20-18(23)13-10-12(22(24)25)6-7-16(13)27-17-5-3-2-4-14(17)19/h2-11H,1H3,(H,20,23). The van der Waals surface area contributed by atoms with E-state index in [9.17, 15) is 19.3 Å². The van der Waals surface area contributed by atoms with Gasteiger partial charge >= 0.3 is 0 Å². The Balaban J connectivity index is 1.93. The smallest absolute Gasteiger partial charge is 0.270 e. The van der Waals surface area contributed by atoms with Gasteiger partial charge in [0.1, 0.15) is 17.8 Å². The van der Waals surface area contributed by atoms with E-state index in [0.29, 0.717) is 15.5 Å². The van der Waals surface area contributed by atoms with Gasteiger partial charge in [-0.15, -0.1) is 0 Å². The van der Waals surface area contributed by atoms with Crippen LogP contribution in [0.5, 0.6) is 0 Å². The number of non-ortho nitro benzene ring substituents is 1. The molecule has 138 valence electrons. The van der Waals surface area contributed by atoms with E-state index in [4.69, 9.17) is 4.52 Å². The molecule has 0 fully saturated rings. The summed E-state index contributed by atoms with van der Waals surface area (Å²) >= 11 is 1.02. The van der Waals surface area contributed by atoms with Gasteiger partial charge in [0, 0.05) is 28.0 Å². The molecule has 7 nitrogen and oxygen atoms in total. The SMILES string of the molecule is CC(NC(=O)c1cc([N+](=O)[O-])ccc1Sc1ccccc1F)c1ccon1. The third kappa shape index (κ3) is 4.32. The molecule has 3 aromatic rings. The summed E-state index contributed by atoms with van der Waals surface area (Å²) in [7, 11) is 0. The first-order valence-electron chi connectivity index (χ1n) is 7.87. The Kier molecular flexibility index (Phi) is 5.51. The van der Waals surface area contributed by atoms with E-state index >= 15 is 0 Å². The Morgan fingerprint density at radius 2 is 2.04 bits per heavy atom. The Morgan fingerprint density at radius 3 is 2.70 bits per heavy atom. The predicted octanol–water partition coefficient (Wildman–Crippen LogP) is 4.36. The Bertz CT molecular complexity index is 978. The maximum Gasteiger partial charge on any atom is 0.270 e. The molecule has 3 rings (SSSR count). The minimum Gasteiger partial charge on any atom is -0.364 e. The van der Waals surface area contributed by atoms with E-state index in [0.717, 1.165) is 11.8 Å². The summed E-state index contributed by atoms with van der Waals surface area (Å²) in [5.74, 6) is -0.976. The quantitative estimate of drug-likeness (QED) is 0.498. The molecule has 0 saturated carbocycles. The summed E-state index contributed by atoms with van der Waals surface area (Å²) in [4.78, 5) is 23.9. The molecular weight excluding hydrogens is 373 g/mol. The number of rotatable bonds is 6. The van der Waals surface area contributed by atoms with Crippen molar-refractivity contribution < 1.29 is 18.6 Å². The zero-order chi connectivity index (χ0) is 19.4. The molecule has 0 bridgehead atoms. The van der Waals surface area contributed by atoms with Crippen molar-refractivity contribution in [2.45, 2.75) is 22.8 Å². The van der Waals surface area contributed by atoms with Gasteiger partial charge in [-0.1, -0.05) is 29.1 Å². The summed E-state index contributed by atoms with van der Waals surface area (Å²) < 4.78 is 18.7. The predicted molar refractivity (Wildman–Crippen MR) is 96.0 cm³/mol. The number of benzene rings is 2. The first-order chi connectivity index (χ1) is 13.0. The fourth-order valence-corrected chi connectivity index (χ4v) is 3.28. The zero-order valence-electron chi connectivity index (χ0n) is 14.1. The molecule has 1 unspecified atom stereocenters. The number of nitro benzene ring substituents is 1. The molecule has 1 aromatic heterocycles. The third-order valence-electron chi connectivity index (χ3n) is 3.72. The first-order valence-corrected chi connectivity index (χ1v) is 8.69. The largest absolute Gasteiger partial charge is 0.364 e. The average molecular weight is 387 g/mol. The van der Waals surface area contributed by atoms with Crippen LogP contribution in [0.3, 0.4) is 0 Å². The van der Waals surface area contributed by atoms with E-state index in [2.05, 4.69) is 10.5 Å². The van der Waals surface area contributed by atoms with Crippen LogP contribution >= 0.6 is 11.8 Å². The third-order valence-corrected chi connectivity index (χ3v) is 4.85. The number of hydrogen-bond acceptors (Lipinski definition) is 6. The first kappa shape index (κ1) is 18.6. The van der Waals surface area contributed by atoms with Gasteiger partial charge in [-0.25, -0.2) is 4.39 Å². The molecule has 1 N–H and O–H groups in total. The van der Waals surface area contributed by atoms with Crippen LogP contribution in [0.2, 0.25) is 0 Å². The molecular formula is C18H14FN3O4S. The lowest BCUT2D eigenvalue weighted by Gasteiger charge is -2.14. The van der Waals surface area contributed by atoms with Crippen molar-refractivity contribution in [2.24, 2.45) is 0 Å². The van der Waals surface area contributed by atoms with Gasteiger partial charge < -0.3 is 9.84 Å². The minimum atomic E-state index is -0.588. The Morgan fingerprint density at radius 1 is 1.26 bits per heavy atom. The fourth-order valence-electron chi connectivity index (χ4n) is 2.34. The van der Waals surface area contributed by atoms with Crippen molar-refractivity contribution in [1.29, 1.82) is 0 Å². The van der Waals surface area contributed by atoms with Crippen LogP contribution in [-0.2, 0) is 0 Å². The number of hydrogen-bond donors (Lipinski definition) is 1. The van der Waals surface area contributed by atoms with Crippen molar-refractivity contribution >= 4 is 23.4 Å². The Labute approximate surface area is 157 Å². The topological polar surface area (TPSA) is 98.3 Å². The Hall–Kier alpha value is -3.20. The molecule has 1 heterocycles. The number of aromatic nitrogens is 1. The molecule has 0 saturated heterocycles. The number of nitro groups is 1. The summed E-state index contributed by atoms with van der Waals surface area (Å²) in [5.41, 5.74) is 0.358. The molecule has 0 aliphatic carbocycles. The minimum absolute atomic E-state index is 0.0767. The van der Waals surface area contributed by atoms with Crippen LogP contribution in [0.4, 0.5) is 10.1 Å². The van der Waals surface area contributed by atoms with Crippen molar-refractivity contribution in [3.63, 3.8) is 0 Å². The van der Waals surface area contributed by atoms with Gasteiger partial charge in [-0.05, 0) is 25.1 Å². The van der Waals surface area contributed by atoms with Gasteiger partial charge in [0.2, 0.25) is 0 Å².